The quantitative estimate of drug-likeness (QED) is 0.267. The molecule has 5 nitrogen and oxygen atoms in total. The lowest BCUT2D eigenvalue weighted by atomic mass is 9.48. The Bertz CT molecular complexity index is 591. The third-order valence-corrected chi connectivity index (χ3v) is 2.97. The maximum atomic E-state index is 11.5. The number of carbonyl (C=O) groups excluding carboxylic acids is 2. The van der Waals surface area contributed by atoms with Crippen molar-refractivity contribution in [3.8, 4) is 5.97 Å². The van der Waals surface area contributed by atoms with Gasteiger partial charge in [0.2, 0.25) is 0 Å². The maximum absolute atomic E-state index is 11.5. The highest BCUT2D eigenvalue weighted by molar-refractivity contribution is 6.78. The second-order valence-electron chi connectivity index (χ2n) is 4.24. The Labute approximate surface area is 118 Å². The van der Waals surface area contributed by atoms with E-state index in [1.54, 1.807) is 13.1 Å². The molecular weight excluding hydrogens is 253 g/mol. The van der Waals surface area contributed by atoms with Crippen molar-refractivity contribution in [2.75, 3.05) is 19.4 Å². The molecule has 0 spiro atoms. The summed E-state index contributed by atoms with van der Waals surface area (Å²) >= 11 is 0. The summed E-state index contributed by atoms with van der Waals surface area (Å²) in [6.07, 6.45) is 2.03. The summed E-state index contributed by atoms with van der Waals surface area (Å²) in [6.45, 7) is 1.59. The molecule has 0 unspecified atom stereocenters. The Morgan fingerprint density at radius 1 is 1.40 bits per heavy atom. The van der Waals surface area contributed by atoms with E-state index in [1.165, 1.54) is 13.1 Å². The van der Waals surface area contributed by atoms with E-state index >= 15 is 0 Å². The third kappa shape index (κ3) is 3.48. The highest BCUT2D eigenvalue weighted by Gasteiger charge is 2.12. The zero-order valence-corrected chi connectivity index (χ0v) is 11.7. The Balaban J connectivity index is 3.26. The molecule has 20 heavy (non-hydrogen) atoms. The minimum absolute atomic E-state index is 0.0464. The molecule has 0 aliphatic carbocycles. The van der Waals surface area contributed by atoms with Crippen molar-refractivity contribution < 1.29 is 9.59 Å². The number of carbonyl (C=O) groups is 2. The van der Waals surface area contributed by atoms with E-state index in [4.69, 9.17) is 5.26 Å². The van der Waals surface area contributed by atoms with Crippen molar-refractivity contribution in [1.82, 2.24) is 5.32 Å². The number of anilines is 1. The lowest BCUT2D eigenvalue weighted by Gasteiger charge is -2.09. The summed E-state index contributed by atoms with van der Waals surface area (Å²) in [4.78, 5) is 22.4. The van der Waals surface area contributed by atoms with E-state index in [0.717, 1.165) is 11.2 Å². The predicted octanol–water partition coefficient (Wildman–Crippen LogP) is 0.451. The van der Waals surface area contributed by atoms with Crippen molar-refractivity contribution in [2.45, 2.75) is 6.82 Å². The van der Waals surface area contributed by atoms with Crippen LogP contribution in [0.3, 0.4) is 0 Å². The van der Waals surface area contributed by atoms with Gasteiger partial charge < -0.3 is 10.6 Å². The molecule has 0 saturated carbocycles. The number of nitrogens with zero attached hydrogens (tertiary/aromatic N) is 1. The van der Waals surface area contributed by atoms with Gasteiger partial charge in [-0.15, -0.1) is 0 Å². The average Bonchev–Trinajstić information content (AvgIpc) is 2.50. The van der Waals surface area contributed by atoms with Crippen molar-refractivity contribution in [1.29, 1.82) is 5.26 Å². The first-order valence-corrected chi connectivity index (χ1v) is 6.17. The molecule has 0 radical (unpaired) electrons. The number of benzene rings is 1. The van der Waals surface area contributed by atoms with Gasteiger partial charge in [-0.3, -0.25) is 9.59 Å². The van der Waals surface area contributed by atoms with Crippen molar-refractivity contribution in [3.63, 3.8) is 0 Å². The molecule has 0 aliphatic heterocycles. The zero-order valence-electron chi connectivity index (χ0n) is 11.7. The normalized spacial score (nSPS) is 10.4. The first-order valence-electron chi connectivity index (χ1n) is 6.17. The van der Waals surface area contributed by atoms with Gasteiger partial charge in [0, 0.05) is 25.8 Å². The molecule has 1 aromatic rings. The number of amides is 1. The standard InChI is InChI=1S/C14H16BN3O2/c1-15(9-16)12-5-4-10(13(7-12)17-2)6-11(8-19)14(20)18-3/h4-8,17H,1-3H3,(H,18,20)/b11-6+. The first kappa shape index (κ1) is 15.5. The number of hydrogen-bond donors (Lipinski definition) is 2. The Kier molecular flexibility index (Phi) is 5.54. The van der Waals surface area contributed by atoms with Crippen molar-refractivity contribution >= 4 is 36.1 Å². The molecule has 0 heterocycles. The van der Waals surface area contributed by atoms with Crippen LogP contribution in [0.2, 0.25) is 6.82 Å². The SMILES string of the molecule is CNC(=O)/C(C=O)=C/c1ccc(B(C)C#N)cc1NC. The minimum Gasteiger partial charge on any atom is -0.388 e. The number of nitriles is 1. The smallest absolute Gasteiger partial charge is 0.297 e. The molecule has 1 amide bonds. The molecule has 6 heteroatoms. The summed E-state index contributed by atoms with van der Waals surface area (Å²) in [6, 6.07) is 5.43. The van der Waals surface area contributed by atoms with Crippen LogP contribution in [0.1, 0.15) is 5.56 Å². The van der Waals surface area contributed by atoms with Gasteiger partial charge in [-0.05, 0) is 17.7 Å². The van der Waals surface area contributed by atoms with Gasteiger partial charge in [0.1, 0.15) is 0 Å². The van der Waals surface area contributed by atoms with E-state index in [1.807, 2.05) is 19.0 Å². The van der Waals surface area contributed by atoms with Crippen LogP contribution >= 0.6 is 0 Å². The van der Waals surface area contributed by atoms with Crippen LogP contribution in [0.4, 0.5) is 5.69 Å². The molecule has 0 fully saturated rings. The molecule has 1 rings (SSSR count). The van der Waals surface area contributed by atoms with E-state index in [0.29, 0.717) is 11.8 Å². The molecule has 102 valence electrons. The van der Waals surface area contributed by atoms with Crippen LogP contribution in [-0.4, -0.2) is 33.0 Å². The van der Waals surface area contributed by atoms with E-state index in [-0.39, 0.29) is 12.3 Å². The second kappa shape index (κ2) is 7.14. The van der Waals surface area contributed by atoms with Crippen LogP contribution in [0.25, 0.3) is 6.08 Å². The van der Waals surface area contributed by atoms with Gasteiger partial charge in [-0.1, -0.05) is 24.4 Å². The monoisotopic (exact) mass is 269 g/mol. The second-order valence-corrected chi connectivity index (χ2v) is 4.24. The van der Waals surface area contributed by atoms with Crippen LogP contribution in [0.15, 0.2) is 23.8 Å². The van der Waals surface area contributed by atoms with Crippen molar-refractivity contribution in [2.24, 2.45) is 0 Å². The van der Waals surface area contributed by atoms with Gasteiger partial charge in [0.05, 0.1) is 5.57 Å². The highest BCUT2D eigenvalue weighted by atomic mass is 16.2. The summed E-state index contributed by atoms with van der Waals surface area (Å²) in [5.41, 5.74) is 2.40. The van der Waals surface area contributed by atoms with Gasteiger partial charge in [-0.2, -0.15) is 0 Å². The topological polar surface area (TPSA) is 82.0 Å². The van der Waals surface area contributed by atoms with Gasteiger partial charge in [0.25, 0.3) is 12.6 Å². The van der Waals surface area contributed by atoms with Gasteiger partial charge >= 0.3 is 0 Å². The summed E-state index contributed by atoms with van der Waals surface area (Å²) in [5, 5.41) is 14.3. The van der Waals surface area contributed by atoms with E-state index in [9.17, 15) is 9.59 Å². The number of rotatable bonds is 5. The number of hydrogen-bond acceptors (Lipinski definition) is 4. The highest BCUT2D eigenvalue weighted by Crippen LogP contribution is 2.17. The molecule has 0 aromatic heterocycles. The largest absolute Gasteiger partial charge is 0.388 e. The van der Waals surface area contributed by atoms with Crippen LogP contribution in [-0.2, 0) is 9.59 Å². The average molecular weight is 269 g/mol. The molecule has 0 aliphatic rings. The van der Waals surface area contributed by atoms with Crippen LogP contribution < -0.4 is 16.1 Å². The summed E-state index contributed by atoms with van der Waals surface area (Å²) in [7, 11) is 3.21. The fourth-order valence-electron chi connectivity index (χ4n) is 1.73. The molecule has 0 atom stereocenters. The fraction of sp³-hybridized carbons (Fsp3) is 0.214. The van der Waals surface area contributed by atoms with Crippen molar-refractivity contribution in [3.05, 3.63) is 29.3 Å². The lowest BCUT2D eigenvalue weighted by Crippen LogP contribution is -2.25. The Hall–Kier alpha value is -2.55. The van der Waals surface area contributed by atoms with E-state index < -0.39 is 5.91 Å². The number of nitrogens with one attached hydrogen (secondary N) is 2. The third-order valence-electron chi connectivity index (χ3n) is 2.97. The molecule has 0 saturated heterocycles. The van der Waals surface area contributed by atoms with Crippen LogP contribution in [0, 0.1) is 11.2 Å². The zero-order chi connectivity index (χ0) is 15.1. The van der Waals surface area contributed by atoms with Gasteiger partial charge in [0.15, 0.2) is 6.29 Å². The van der Waals surface area contributed by atoms with E-state index in [2.05, 4.69) is 16.6 Å². The predicted molar refractivity (Wildman–Crippen MR) is 81.0 cm³/mol. The molecule has 1 aromatic carbocycles. The lowest BCUT2D eigenvalue weighted by molar-refractivity contribution is -0.118. The molecule has 2 N–H and O–H groups in total. The number of aldehydes is 1. The first-order chi connectivity index (χ1) is 9.57. The number of likely N-dealkylation sites (N-methyl/N-ethyl adjacent to an activating group) is 1. The Morgan fingerprint density at radius 3 is 2.60 bits per heavy atom. The Morgan fingerprint density at radius 2 is 2.10 bits per heavy atom. The minimum atomic E-state index is -0.434. The molecular formula is C14H16BN3O2. The summed E-state index contributed by atoms with van der Waals surface area (Å²) < 4.78 is 0. The van der Waals surface area contributed by atoms with Crippen LogP contribution in [0.5, 0.6) is 0 Å². The van der Waals surface area contributed by atoms with Gasteiger partial charge in [-0.25, -0.2) is 5.26 Å². The maximum Gasteiger partial charge on any atom is 0.297 e. The molecule has 0 bridgehead atoms. The summed E-state index contributed by atoms with van der Waals surface area (Å²) in [5.74, 6) is 1.73. The fourth-order valence-corrected chi connectivity index (χ4v) is 1.73.